The van der Waals surface area contributed by atoms with Gasteiger partial charge >= 0.3 is 51.0 Å². The first-order chi connectivity index (χ1) is 10.8. The summed E-state index contributed by atoms with van der Waals surface area (Å²) in [5.41, 5.74) is 0.680. The third-order valence-electron chi connectivity index (χ3n) is 1.55. The third kappa shape index (κ3) is 29.7. The molecule has 0 N–H and O–H groups in total. The first-order valence-electron chi connectivity index (χ1n) is 5.43. The van der Waals surface area contributed by atoms with Gasteiger partial charge in [0.25, 0.3) is 0 Å². The zero-order valence-electron chi connectivity index (χ0n) is 12.3. The maximum absolute atomic E-state index is 9.97. The van der Waals surface area contributed by atoms with Crippen molar-refractivity contribution in [1.82, 2.24) is 4.98 Å². The molecule has 0 aliphatic rings. The van der Waals surface area contributed by atoms with Crippen molar-refractivity contribution >= 4 is 31.5 Å². The van der Waals surface area contributed by atoms with E-state index in [1.807, 2.05) is 0 Å². The van der Waals surface area contributed by atoms with Crippen LogP contribution in [0.2, 0.25) is 0 Å². The average Bonchev–Trinajstić information content (AvgIpc) is 2.62. The van der Waals surface area contributed by atoms with Gasteiger partial charge in [-0.05, 0) is 11.8 Å². The number of pyridine rings is 1. The van der Waals surface area contributed by atoms with Crippen LogP contribution in [-0.2, 0) is 54.9 Å². The van der Waals surface area contributed by atoms with E-state index < -0.39 is 0 Å². The monoisotopic (exact) mass is 397 g/mol. The molecule has 1 heterocycles. The third-order valence-corrected chi connectivity index (χ3v) is 2.15. The molecule has 0 radical (unpaired) electrons. The van der Waals surface area contributed by atoms with Crippen molar-refractivity contribution < 1.29 is 40.6 Å². The number of carbonyl (C=O) groups excluding carboxylic acids is 1. The summed E-state index contributed by atoms with van der Waals surface area (Å²) in [4.78, 5) is 14.0. The minimum Gasteiger partial charge on any atom is -0.793 e. The van der Waals surface area contributed by atoms with Gasteiger partial charge in [0.2, 0.25) is 5.88 Å². The Bertz CT molecular complexity index is 397. The smallest absolute Gasteiger partial charge is 0.793 e. The zero-order chi connectivity index (χ0) is 18.2. The summed E-state index contributed by atoms with van der Waals surface area (Å²) in [6.07, 6.45) is 3.05. The zero-order valence-corrected chi connectivity index (χ0v) is 15.1. The molecule has 0 aliphatic heterocycles. The van der Waals surface area contributed by atoms with Gasteiger partial charge in [-0.25, -0.2) is 4.98 Å². The van der Waals surface area contributed by atoms with E-state index in [9.17, 15) is 4.79 Å². The standard InChI is InChI=1S/C8H8NO2.C3H8S2.3CO.Fe/c1-11-8-4-2-3-7(9-8)5-6-10;4-2-1-3-5;3*1-2;/h2-4H,5H2,1H3;4-5H,1-3H2;;;;/q-1;;;;;+2/p-1. The summed E-state index contributed by atoms with van der Waals surface area (Å²) < 4.78 is 27.4. The number of hydrogen-bond acceptors (Lipinski definition) is 5. The Morgan fingerprint density at radius 1 is 1.26 bits per heavy atom. The molecule has 0 saturated heterocycles. The van der Waals surface area contributed by atoms with Gasteiger partial charge in [-0.15, -0.1) is 6.42 Å². The van der Waals surface area contributed by atoms with Gasteiger partial charge in [0.15, 0.2) is 0 Å². The molecule has 1 aromatic heterocycles. The van der Waals surface area contributed by atoms with Crippen LogP contribution in [0.1, 0.15) is 12.1 Å². The fourth-order valence-corrected chi connectivity index (χ4v) is 1.32. The average molecular weight is 397 g/mol. The van der Waals surface area contributed by atoms with Crippen molar-refractivity contribution in [3.8, 4) is 5.88 Å². The fraction of sp³-hybridized carbons (Fsp3) is 0.357. The van der Waals surface area contributed by atoms with E-state index in [0.717, 1.165) is 17.9 Å². The predicted molar refractivity (Wildman–Crippen MR) is 82.7 cm³/mol. The topological polar surface area (TPSA) is 98.9 Å². The number of hydrogen-bond donors (Lipinski definition) is 1. The van der Waals surface area contributed by atoms with Gasteiger partial charge in [0, 0.05) is 11.8 Å². The Labute approximate surface area is 158 Å². The Kier molecular flexibility index (Phi) is 54.6. The number of nitrogens with zero attached hydrogens (tertiary/aromatic N) is 1. The molecule has 0 bridgehead atoms. The largest absolute Gasteiger partial charge is 2.00 e. The second-order valence-electron chi connectivity index (χ2n) is 2.77. The Balaban J connectivity index is -0.0000000769. The van der Waals surface area contributed by atoms with Gasteiger partial charge in [-0.1, -0.05) is 12.5 Å². The van der Waals surface area contributed by atoms with Crippen molar-refractivity contribution in [3.63, 3.8) is 0 Å². The molecule has 0 saturated carbocycles. The SMILES string of the molecule is COc1cccc(C[C-]=O)n1.[C-]#[O+].[C-]#[O+].[C-]#[O+].[Fe+2].[S-]CCCS. The molecular weight excluding hydrogens is 382 g/mol. The fourth-order valence-electron chi connectivity index (χ4n) is 0.808. The first kappa shape index (κ1) is 33.6. The molecule has 0 fully saturated rings. The van der Waals surface area contributed by atoms with Crippen LogP contribution in [0.25, 0.3) is 0 Å². The van der Waals surface area contributed by atoms with E-state index in [-0.39, 0.29) is 23.5 Å². The maximum Gasteiger partial charge on any atom is 2.00 e. The van der Waals surface area contributed by atoms with E-state index >= 15 is 0 Å². The second kappa shape index (κ2) is 37.4. The molecule has 0 unspecified atom stereocenters. The number of rotatable bonds is 5. The Hall–Kier alpha value is -0.941. The van der Waals surface area contributed by atoms with E-state index in [1.165, 1.54) is 7.11 Å². The molecule has 6 nitrogen and oxygen atoms in total. The molecule has 0 spiro atoms. The van der Waals surface area contributed by atoms with Crippen LogP contribution in [0.15, 0.2) is 18.2 Å². The van der Waals surface area contributed by atoms with Crippen LogP contribution in [0.5, 0.6) is 5.88 Å². The van der Waals surface area contributed by atoms with Crippen molar-refractivity contribution in [1.29, 1.82) is 0 Å². The molecule has 126 valence electrons. The van der Waals surface area contributed by atoms with Crippen LogP contribution >= 0.6 is 12.6 Å². The molecule has 9 heteroatoms. The molecule has 23 heavy (non-hydrogen) atoms. The second-order valence-corrected chi connectivity index (χ2v) is 3.63. The van der Waals surface area contributed by atoms with Crippen molar-refractivity contribution in [3.05, 3.63) is 43.8 Å². The van der Waals surface area contributed by atoms with Crippen LogP contribution in [0.4, 0.5) is 0 Å². The minimum absolute atomic E-state index is 0. The summed E-state index contributed by atoms with van der Waals surface area (Å²) in [6, 6.07) is 5.28. The molecule has 1 aromatic rings. The summed E-state index contributed by atoms with van der Waals surface area (Å²) in [5, 5.41) is 0. The summed E-state index contributed by atoms with van der Waals surface area (Å²) >= 11 is 8.54. The molecular formula is C14H15FeNO5S2. The predicted octanol–water partition coefficient (Wildman–Crippen LogP) is 1.48. The van der Waals surface area contributed by atoms with Gasteiger partial charge in [0.1, 0.15) is 0 Å². The molecule has 1 rings (SSSR count). The Morgan fingerprint density at radius 3 is 2.09 bits per heavy atom. The molecule has 0 amide bonds. The number of methoxy groups -OCH3 is 1. The maximum atomic E-state index is 9.97. The quantitative estimate of drug-likeness (QED) is 0.268. The summed E-state index contributed by atoms with van der Waals surface area (Å²) in [5.74, 6) is 2.31. The van der Waals surface area contributed by atoms with Crippen molar-refractivity contribution in [2.45, 2.75) is 12.8 Å². The van der Waals surface area contributed by atoms with Crippen molar-refractivity contribution in [2.24, 2.45) is 0 Å². The molecule has 0 aromatic carbocycles. The number of ether oxygens (including phenoxy) is 1. The number of thiol groups is 1. The van der Waals surface area contributed by atoms with Crippen LogP contribution in [-0.4, -0.2) is 29.9 Å². The van der Waals surface area contributed by atoms with E-state index in [0.29, 0.717) is 11.6 Å². The van der Waals surface area contributed by atoms with Crippen LogP contribution in [0, 0.1) is 20.0 Å². The summed E-state index contributed by atoms with van der Waals surface area (Å²) in [6.45, 7) is 13.5. The van der Waals surface area contributed by atoms with Gasteiger partial charge in [-0.2, -0.15) is 18.4 Å². The molecule has 0 aliphatic carbocycles. The van der Waals surface area contributed by atoms with Crippen LogP contribution in [0.3, 0.4) is 0 Å². The molecule has 0 atom stereocenters. The normalized spacial score (nSPS) is 6.48. The van der Waals surface area contributed by atoms with Gasteiger partial charge < -0.3 is 22.2 Å². The van der Waals surface area contributed by atoms with Crippen molar-refractivity contribution in [2.75, 3.05) is 18.6 Å². The van der Waals surface area contributed by atoms with Crippen LogP contribution < -0.4 is 4.74 Å². The first-order valence-corrected chi connectivity index (χ1v) is 6.64. The van der Waals surface area contributed by atoms with E-state index in [1.54, 1.807) is 24.5 Å². The van der Waals surface area contributed by atoms with Gasteiger partial charge in [0.05, 0.1) is 7.11 Å². The number of aromatic nitrogens is 1. The van der Waals surface area contributed by atoms with E-state index in [4.69, 9.17) is 18.7 Å². The van der Waals surface area contributed by atoms with Gasteiger partial charge in [-0.3, -0.25) is 6.29 Å². The minimum atomic E-state index is 0. The van der Waals surface area contributed by atoms with E-state index in [2.05, 4.69) is 50.2 Å². The summed E-state index contributed by atoms with van der Waals surface area (Å²) in [7, 11) is 1.54. The Morgan fingerprint density at radius 2 is 1.78 bits per heavy atom.